The smallest absolute Gasteiger partial charge is 0.306 e. The third-order valence-electron chi connectivity index (χ3n) is 3.32. The molecule has 7 nitrogen and oxygen atoms in total. The fourth-order valence-corrected chi connectivity index (χ4v) is 2.17. The maximum atomic E-state index is 12.0. The number of likely N-dealkylation sites (tertiary alicyclic amines) is 1. The molecule has 1 aliphatic rings. The fraction of sp³-hybridized carbons (Fsp3) is 0.500. The van der Waals surface area contributed by atoms with E-state index in [0.717, 1.165) is 0 Å². The van der Waals surface area contributed by atoms with Crippen molar-refractivity contribution in [3.05, 3.63) is 18.2 Å². The van der Waals surface area contributed by atoms with Gasteiger partial charge in [-0.25, -0.2) is 4.98 Å². The molecule has 1 amide bonds. The highest BCUT2D eigenvalue weighted by Gasteiger charge is 2.27. The predicted molar refractivity (Wildman–Crippen MR) is 63.9 cm³/mol. The van der Waals surface area contributed by atoms with Crippen molar-refractivity contribution in [2.75, 3.05) is 13.1 Å². The molecule has 0 unspecified atom stereocenters. The van der Waals surface area contributed by atoms with Crippen molar-refractivity contribution < 1.29 is 14.7 Å². The second-order valence-electron chi connectivity index (χ2n) is 4.48. The topological polar surface area (TPSA) is 99.2 Å². The monoisotopic (exact) mass is 262 g/mol. The Labute approximate surface area is 110 Å². The van der Waals surface area contributed by atoms with Gasteiger partial charge in [-0.05, 0) is 12.8 Å². The van der Waals surface area contributed by atoms with Gasteiger partial charge in [0.1, 0.15) is 12.6 Å². The molecule has 2 heterocycles. The quantitative estimate of drug-likeness (QED) is 0.831. The van der Waals surface area contributed by atoms with Gasteiger partial charge in [-0.2, -0.15) is 5.26 Å². The lowest BCUT2D eigenvalue weighted by molar-refractivity contribution is -0.145. The number of nitrogens with zero attached hydrogens (tertiary/aromatic N) is 4. The number of carboxylic acid groups (broad SMARTS) is 1. The normalized spacial score (nSPS) is 16.1. The summed E-state index contributed by atoms with van der Waals surface area (Å²) in [6.07, 6.45) is 4.02. The van der Waals surface area contributed by atoms with Gasteiger partial charge in [-0.1, -0.05) is 0 Å². The molecule has 0 aromatic carbocycles. The van der Waals surface area contributed by atoms with Crippen molar-refractivity contribution in [1.29, 1.82) is 5.26 Å². The van der Waals surface area contributed by atoms with Crippen LogP contribution in [0.15, 0.2) is 12.4 Å². The number of imidazole rings is 1. The first-order chi connectivity index (χ1) is 9.11. The zero-order valence-electron chi connectivity index (χ0n) is 10.3. The Balaban J connectivity index is 1.92. The number of nitriles is 1. The van der Waals surface area contributed by atoms with Crippen LogP contribution in [0.1, 0.15) is 18.7 Å². The van der Waals surface area contributed by atoms with Crippen molar-refractivity contribution in [3.8, 4) is 6.07 Å². The Morgan fingerprint density at radius 1 is 1.47 bits per heavy atom. The van der Waals surface area contributed by atoms with Crippen LogP contribution >= 0.6 is 0 Å². The summed E-state index contributed by atoms with van der Waals surface area (Å²) in [6.45, 7) is 0.972. The SMILES string of the molecule is N#Cc1nccn1CC(=O)N1CCC(C(=O)O)CC1. The van der Waals surface area contributed by atoms with E-state index in [4.69, 9.17) is 10.4 Å². The first-order valence-electron chi connectivity index (χ1n) is 6.03. The summed E-state index contributed by atoms with van der Waals surface area (Å²) in [5.41, 5.74) is 0. The summed E-state index contributed by atoms with van der Waals surface area (Å²) in [5.74, 6) is -1.06. The second-order valence-corrected chi connectivity index (χ2v) is 4.48. The lowest BCUT2D eigenvalue weighted by Gasteiger charge is -2.30. The number of hydrogen-bond acceptors (Lipinski definition) is 4. The van der Waals surface area contributed by atoms with Crippen molar-refractivity contribution in [2.24, 2.45) is 5.92 Å². The van der Waals surface area contributed by atoms with Gasteiger partial charge in [0.15, 0.2) is 0 Å². The van der Waals surface area contributed by atoms with E-state index in [9.17, 15) is 9.59 Å². The van der Waals surface area contributed by atoms with Crippen LogP contribution in [-0.2, 0) is 16.1 Å². The van der Waals surface area contributed by atoms with Crippen molar-refractivity contribution in [2.45, 2.75) is 19.4 Å². The summed E-state index contributed by atoms with van der Waals surface area (Å²) >= 11 is 0. The van der Waals surface area contributed by atoms with Crippen molar-refractivity contribution in [3.63, 3.8) is 0 Å². The maximum absolute atomic E-state index is 12.0. The zero-order chi connectivity index (χ0) is 13.8. The Hall–Kier alpha value is -2.36. The number of amides is 1. The van der Waals surface area contributed by atoms with Crippen LogP contribution in [-0.4, -0.2) is 44.5 Å². The van der Waals surface area contributed by atoms with Gasteiger partial charge in [-0.3, -0.25) is 9.59 Å². The molecule has 1 N–H and O–H groups in total. The van der Waals surface area contributed by atoms with Crippen LogP contribution < -0.4 is 0 Å². The fourth-order valence-electron chi connectivity index (χ4n) is 2.17. The molecule has 0 atom stereocenters. The molecule has 100 valence electrons. The Kier molecular flexibility index (Phi) is 3.80. The lowest BCUT2D eigenvalue weighted by Crippen LogP contribution is -2.41. The van der Waals surface area contributed by atoms with Gasteiger partial charge >= 0.3 is 5.97 Å². The zero-order valence-corrected chi connectivity index (χ0v) is 10.3. The minimum atomic E-state index is -0.798. The molecule has 0 radical (unpaired) electrons. The summed E-state index contributed by atoms with van der Waals surface area (Å²) in [5, 5.41) is 17.7. The molecule has 2 rings (SSSR count). The number of carbonyl (C=O) groups is 2. The molecule has 7 heteroatoms. The maximum Gasteiger partial charge on any atom is 0.306 e. The standard InChI is InChI=1S/C12H14N4O3/c13-7-10-14-3-6-16(10)8-11(17)15-4-1-9(2-5-15)12(18)19/h3,6,9H,1-2,4-5,8H2,(H,18,19). The predicted octanol–water partition coefficient (Wildman–Crippen LogP) is 0.0780. The van der Waals surface area contributed by atoms with E-state index < -0.39 is 5.97 Å². The number of hydrogen-bond donors (Lipinski definition) is 1. The highest BCUT2D eigenvalue weighted by atomic mass is 16.4. The Bertz CT molecular complexity index is 523. The van der Waals surface area contributed by atoms with Crippen LogP contribution in [0.5, 0.6) is 0 Å². The molecule has 1 saturated heterocycles. The number of rotatable bonds is 3. The lowest BCUT2D eigenvalue weighted by atomic mass is 9.97. The van der Waals surface area contributed by atoms with Gasteiger partial charge in [0.2, 0.25) is 11.7 Å². The van der Waals surface area contributed by atoms with Gasteiger partial charge in [-0.15, -0.1) is 0 Å². The highest BCUT2D eigenvalue weighted by Crippen LogP contribution is 2.17. The molecule has 1 fully saturated rings. The second kappa shape index (κ2) is 5.52. The summed E-state index contributed by atoms with van der Waals surface area (Å²) in [7, 11) is 0. The molecule has 19 heavy (non-hydrogen) atoms. The Morgan fingerprint density at radius 2 is 2.16 bits per heavy atom. The average molecular weight is 262 g/mol. The highest BCUT2D eigenvalue weighted by molar-refractivity contribution is 5.77. The average Bonchev–Trinajstić information content (AvgIpc) is 2.86. The largest absolute Gasteiger partial charge is 0.481 e. The van der Waals surface area contributed by atoms with Gasteiger partial charge in [0.25, 0.3) is 0 Å². The minimum Gasteiger partial charge on any atom is -0.481 e. The number of piperidine rings is 1. The molecule has 0 saturated carbocycles. The molecular formula is C12H14N4O3. The third-order valence-corrected chi connectivity index (χ3v) is 3.32. The molecule has 1 aromatic rings. The Morgan fingerprint density at radius 3 is 2.74 bits per heavy atom. The van der Waals surface area contributed by atoms with E-state index in [1.807, 2.05) is 6.07 Å². The van der Waals surface area contributed by atoms with Gasteiger partial charge < -0.3 is 14.6 Å². The van der Waals surface area contributed by atoms with Crippen LogP contribution in [0.25, 0.3) is 0 Å². The number of aromatic nitrogens is 2. The van der Waals surface area contributed by atoms with Crippen LogP contribution in [0.3, 0.4) is 0 Å². The summed E-state index contributed by atoms with van der Waals surface area (Å²) < 4.78 is 1.49. The molecular weight excluding hydrogens is 248 g/mol. The molecule has 1 aliphatic heterocycles. The first kappa shape index (κ1) is 13.1. The van der Waals surface area contributed by atoms with Gasteiger partial charge in [0, 0.05) is 25.5 Å². The molecule has 0 aliphatic carbocycles. The molecule has 1 aromatic heterocycles. The van der Waals surface area contributed by atoms with Crippen LogP contribution in [0.2, 0.25) is 0 Å². The van der Waals surface area contributed by atoms with E-state index in [1.165, 1.54) is 10.8 Å². The first-order valence-corrected chi connectivity index (χ1v) is 6.03. The van der Waals surface area contributed by atoms with Crippen LogP contribution in [0, 0.1) is 17.2 Å². The van der Waals surface area contributed by atoms with E-state index in [0.29, 0.717) is 25.9 Å². The number of aliphatic carboxylic acids is 1. The van der Waals surface area contributed by atoms with Crippen molar-refractivity contribution >= 4 is 11.9 Å². The van der Waals surface area contributed by atoms with Gasteiger partial charge in [0.05, 0.1) is 5.92 Å². The molecule has 0 spiro atoms. The van der Waals surface area contributed by atoms with Crippen LogP contribution in [0.4, 0.5) is 0 Å². The minimum absolute atomic E-state index is 0.0701. The van der Waals surface area contributed by atoms with E-state index in [1.54, 1.807) is 11.1 Å². The van der Waals surface area contributed by atoms with E-state index in [-0.39, 0.29) is 24.2 Å². The molecule has 0 bridgehead atoms. The summed E-state index contributed by atoms with van der Waals surface area (Å²) in [6, 6.07) is 1.91. The number of carboxylic acids is 1. The van der Waals surface area contributed by atoms with Crippen molar-refractivity contribution in [1.82, 2.24) is 14.5 Å². The third kappa shape index (κ3) is 2.91. The van der Waals surface area contributed by atoms with E-state index in [2.05, 4.69) is 4.98 Å². The number of carbonyl (C=O) groups excluding carboxylic acids is 1. The summed E-state index contributed by atoms with van der Waals surface area (Å²) in [4.78, 5) is 28.3. The van der Waals surface area contributed by atoms with E-state index >= 15 is 0 Å².